The Morgan fingerprint density at radius 1 is 1.00 bits per heavy atom. The zero-order valence-corrected chi connectivity index (χ0v) is 20.6. The van der Waals surface area contributed by atoms with Crippen molar-refractivity contribution in [1.29, 1.82) is 0 Å². The third kappa shape index (κ3) is 8.61. The largest absolute Gasteiger partial charge is 0.481 e. The molecule has 2 N–H and O–H groups in total. The maximum Gasteiger partial charge on any atom is 0.322 e. The molecule has 0 saturated carbocycles. The number of benzene rings is 2. The van der Waals surface area contributed by atoms with Gasteiger partial charge in [-0.1, -0.05) is 69.5 Å². The van der Waals surface area contributed by atoms with Gasteiger partial charge in [0.25, 0.3) is 0 Å². The number of amides is 2. The number of carboxylic acids is 1. The Balaban J connectivity index is 2.05. The SMILES string of the molecule is C=CCNC(=O)N(CCCCCCC)c1ccc(Sc2ccc(C(CC)C(=O)O)cc2)cc1. The van der Waals surface area contributed by atoms with Crippen LogP contribution in [0.1, 0.15) is 63.9 Å². The van der Waals surface area contributed by atoms with Crippen LogP contribution in [0.4, 0.5) is 10.5 Å². The summed E-state index contributed by atoms with van der Waals surface area (Å²) in [7, 11) is 0. The molecule has 2 rings (SSSR count). The van der Waals surface area contributed by atoms with E-state index >= 15 is 0 Å². The van der Waals surface area contributed by atoms with E-state index in [2.05, 4.69) is 18.8 Å². The van der Waals surface area contributed by atoms with Gasteiger partial charge in [-0.2, -0.15) is 0 Å². The first-order valence-corrected chi connectivity index (χ1v) is 12.6. The fraction of sp³-hybridized carbons (Fsp3) is 0.407. The normalized spacial score (nSPS) is 11.6. The number of hydrogen-bond acceptors (Lipinski definition) is 3. The molecule has 0 spiro atoms. The summed E-state index contributed by atoms with van der Waals surface area (Å²) in [6.45, 7) is 8.88. The van der Waals surface area contributed by atoms with Crippen molar-refractivity contribution in [3.8, 4) is 0 Å². The molecule has 0 saturated heterocycles. The van der Waals surface area contributed by atoms with Crippen LogP contribution in [0.5, 0.6) is 0 Å². The Morgan fingerprint density at radius 2 is 1.61 bits per heavy atom. The van der Waals surface area contributed by atoms with Crippen LogP contribution in [0.2, 0.25) is 0 Å². The van der Waals surface area contributed by atoms with E-state index in [0.29, 0.717) is 19.5 Å². The third-order valence-electron chi connectivity index (χ3n) is 5.50. The second-order valence-electron chi connectivity index (χ2n) is 8.00. The van der Waals surface area contributed by atoms with Gasteiger partial charge in [-0.05, 0) is 54.8 Å². The molecule has 1 atom stereocenters. The fourth-order valence-corrected chi connectivity index (χ4v) is 4.44. The van der Waals surface area contributed by atoms with Crippen molar-refractivity contribution in [2.24, 2.45) is 0 Å². The number of nitrogens with zero attached hydrogens (tertiary/aromatic N) is 1. The highest BCUT2D eigenvalue weighted by molar-refractivity contribution is 7.99. The Kier molecular flexibility index (Phi) is 11.6. The lowest BCUT2D eigenvalue weighted by Crippen LogP contribution is -2.40. The van der Waals surface area contributed by atoms with Gasteiger partial charge in [-0.15, -0.1) is 6.58 Å². The minimum atomic E-state index is -0.791. The number of rotatable bonds is 14. The van der Waals surface area contributed by atoms with E-state index in [0.717, 1.165) is 33.9 Å². The van der Waals surface area contributed by atoms with Crippen LogP contribution in [0.15, 0.2) is 71.0 Å². The van der Waals surface area contributed by atoms with Gasteiger partial charge in [0.05, 0.1) is 5.92 Å². The molecule has 0 aliphatic heterocycles. The predicted molar refractivity (Wildman–Crippen MR) is 137 cm³/mol. The highest BCUT2D eigenvalue weighted by Crippen LogP contribution is 2.31. The first-order valence-electron chi connectivity index (χ1n) is 11.8. The predicted octanol–water partition coefficient (Wildman–Crippen LogP) is 7.09. The van der Waals surface area contributed by atoms with Gasteiger partial charge < -0.3 is 10.4 Å². The molecule has 2 aromatic rings. The van der Waals surface area contributed by atoms with Gasteiger partial charge in [0, 0.05) is 28.6 Å². The van der Waals surface area contributed by atoms with Crippen molar-refractivity contribution in [3.05, 3.63) is 66.7 Å². The number of carbonyl (C=O) groups excluding carboxylic acids is 1. The first-order chi connectivity index (χ1) is 16.0. The summed E-state index contributed by atoms with van der Waals surface area (Å²) in [5.74, 6) is -1.26. The number of hydrogen-bond donors (Lipinski definition) is 2. The minimum Gasteiger partial charge on any atom is -0.481 e. The summed E-state index contributed by atoms with van der Waals surface area (Å²) in [6, 6.07) is 15.6. The minimum absolute atomic E-state index is 0.106. The average molecular weight is 469 g/mol. The molecule has 6 heteroatoms. The van der Waals surface area contributed by atoms with E-state index < -0.39 is 11.9 Å². The maximum atomic E-state index is 12.7. The van der Waals surface area contributed by atoms with Gasteiger partial charge in [0.15, 0.2) is 0 Å². The van der Waals surface area contributed by atoms with Crippen LogP contribution in [0.3, 0.4) is 0 Å². The average Bonchev–Trinajstić information content (AvgIpc) is 2.82. The molecule has 0 heterocycles. The molecule has 33 heavy (non-hydrogen) atoms. The highest BCUT2D eigenvalue weighted by atomic mass is 32.2. The summed E-state index contributed by atoms with van der Waals surface area (Å²) in [4.78, 5) is 28.0. The lowest BCUT2D eigenvalue weighted by Gasteiger charge is -2.23. The molecule has 0 bridgehead atoms. The molecule has 0 fully saturated rings. The summed E-state index contributed by atoms with van der Waals surface area (Å²) < 4.78 is 0. The summed E-state index contributed by atoms with van der Waals surface area (Å²) in [5, 5.41) is 12.2. The molecule has 2 aromatic carbocycles. The number of nitrogens with one attached hydrogen (secondary N) is 1. The van der Waals surface area contributed by atoms with E-state index in [4.69, 9.17) is 0 Å². The second kappa shape index (κ2) is 14.4. The smallest absolute Gasteiger partial charge is 0.322 e. The van der Waals surface area contributed by atoms with Crippen molar-refractivity contribution < 1.29 is 14.7 Å². The van der Waals surface area contributed by atoms with Crippen LogP contribution in [-0.2, 0) is 4.79 Å². The number of carboxylic acid groups (broad SMARTS) is 1. The van der Waals surface area contributed by atoms with Crippen LogP contribution in [-0.4, -0.2) is 30.2 Å². The lowest BCUT2D eigenvalue weighted by atomic mass is 9.97. The van der Waals surface area contributed by atoms with Gasteiger partial charge in [-0.3, -0.25) is 9.69 Å². The van der Waals surface area contributed by atoms with Gasteiger partial charge in [-0.25, -0.2) is 4.79 Å². The Labute approximate surface area is 202 Å². The number of anilines is 1. The number of carbonyl (C=O) groups is 2. The zero-order chi connectivity index (χ0) is 24.1. The van der Waals surface area contributed by atoms with Gasteiger partial charge >= 0.3 is 12.0 Å². The molecule has 0 radical (unpaired) electrons. The molecular weight excluding hydrogens is 432 g/mol. The quantitative estimate of drug-likeness (QED) is 0.229. The van der Waals surface area contributed by atoms with Crippen molar-refractivity contribution in [3.63, 3.8) is 0 Å². The van der Waals surface area contributed by atoms with Crippen LogP contribution in [0.25, 0.3) is 0 Å². The van der Waals surface area contributed by atoms with Crippen molar-refractivity contribution >= 4 is 29.4 Å². The molecule has 0 aliphatic rings. The Morgan fingerprint density at radius 3 is 2.15 bits per heavy atom. The van der Waals surface area contributed by atoms with E-state index in [1.165, 1.54) is 19.3 Å². The topological polar surface area (TPSA) is 69.6 Å². The zero-order valence-electron chi connectivity index (χ0n) is 19.8. The molecule has 178 valence electrons. The van der Waals surface area contributed by atoms with E-state index in [9.17, 15) is 14.7 Å². The van der Waals surface area contributed by atoms with E-state index in [-0.39, 0.29) is 6.03 Å². The van der Waals surface area contributed by atoms with Crippen LogP contribution >= 0.6 is 11.8 Å². The van der Waals surface area contributed by atoms with E-state index in [1.54, 1.807) is 22.7 Å². The lowest BCUT2D eigenvalue weighted by molar-refractivity contribution is -0.138. The van der Waals surface area contributed by atoms with Gasteiger partial charge in [0.1, 0.15) is 0 Å². The third-order valence-corrected chi connectivity index (χ3v) is 6.52. The van der Waals surface area contributed by atoms with Crippen LogP contribution in [0, 0.1) is 0 Å². The first kappa shape index (κ1) is 26.5. The van der Waals surface area contributed by atoms with Gasteiger partial charge in [0.2, 0.25) is 0 Å². The van der Waals surface area contributed by atoms with Crippen molar-refractivity contribution in [1.82, 2.24) is 5.32 Å². The molecule has 2 amide bonds. The fourth-order valence-electron chi connectivity index (χ4n) is 3.63. The Hall–Kier alpha value is -2.73. The van der Waals surface area contributed by atoms with Crippen molar-refractivity contribution in [2.45, 2.75) is 68.1 Å². The highest BCUT2D eigenvalue weighted by Gasteiger charge is 2.17. The molecular formula is C27H36N2O3S. The summed E-state index contributed by atoms with van der Waals surface area (Å²) >= 11 is 1.61. The van der Waals surface area contributed by atoms with Crippen molar-refractivity contribution in [2.75, 3.05) is 18.0 Å². The summed E-state index contributed by atoms with van der Waals surface area (Å²) in [6.07, 6.45) is 7.96. The van der Waals surface area contributed by atoms with E-state index in [1.807, 2.05) is 55.5 Å². The molecule has 5 nitrogen and oxygen atoms in total. The molecule has 0 aliphatic carbocycles. The second-order valence-corrected chi connectivity index (χ2v) is 9.15. The Bertz CT molecular complexity index is 881. The number of urea groups is 1. The maximum absolute atomic E-state index is 12.7. The standard InChI is InChI=1S/C27H36N2O3S/c1-4-7-8-9-10-20-29(27(32)28-19-5-2)22-13-17-24(18-14-22)33-23-15-11-21(12-16-23)25(6-3)26(30)31/h5,11-18,25H,2,4,6-10,19-20H2,1,3H3,(H,28,32)(H,30,31). The molecule has 1 unspecified atom stereocenters. The van der Waals surface area contributed by atoms with Crippen LogP contribution < -0.4 is 10.2 Å². The number of unbranched alkanes of at least 4 members (excludes halogenated alkanes) is 4. The molecule has 0 aromatic heterocycles. The monoisotopic (exact) mass is 468 g/mol. The summed E-state index contributed by atoms with van der Waals surface area (Å²) in [5.41, 5.74) is 1.70. The number of aliphatic carboxylic acids is 1.